The third-order valence-electron chi connectivity index (χ3n) is 2.68. The van der Waals surface area contributed by atoms with E-state index < -0.39 is 0 Å². The number of hydrogen-bond acceptors (Lipinski definition) is 4. The molecule has 0 bridgehead atoms. The molecule has 102 valence electrons. The number of benzene rings is 1. The van der Waals surface area contributed by atoms with Gasteiger partial charge in [-0.1, -0.05) is 32.0 Å². The van der Waals surface area contributed by atoms with Crippen LogP contribution in [0.15, 0.2) is 34.9 Å². The van der Waals surface area contributed by atoms with Crippen LogP contribution in [0.25, 0.3) is 0 Å². The lowest BCUT2D eigenvalue weighted by Crippen LogP contribution is -2.19. The summed E-state index contributed by atoms with van der Waals surface area (Å²) in [7, 11) is 0. The van der Waals surface area contributed by atoms with Crippen LogP contribution in [-0.2, 0) is 6.54 Å². The molecule has 1 aromatic carbocycles. The van der Waals surface area contributed by atoms with E-state index in [-0.39, 0.29) is 6.08 Å². The van der Waals surface area contributed by atoms with Gasteiger partial charge in [0.15, 0.2) is 0 Å². The van der Waals surface area contributed by atoms with Gasteiger partial charge in [0, 0.05) is 6.54 Å². The number of oxazole rings is 1. The molecule has 0 saturated carbocycles. The number of aryl methyl sites for hydroxylation is 1. The topological polar surface area (TPSA) is 47.3 Å². The lowest BCUT2D eigenvalue weighted by molar-refractivity contribution is 0.329. The minimum absolute atomic E-state index is 0.288. The first kappa shape index (κ1) is 13.6. The second kappa shape index (κ2) is 6.38. The summed E-state index contributed by atoms with van der Waals surface area (Å²) in [4.78, 5) is 4.29. The van der Waals surface area contributed by atoms with Gasteiger partial charge in [-0.05, 0) is 31.0 Å². The van der Waals surface area contributed by atoms with E-state index >= 15 is 0 Å². The fourth-order valence-corrected chi connectivity index (χ4v) is 1.67. The average Bonchev–Trinajstić information content (AvgIpc) is 2.79. The Morgan fingerprint density at radius 1 is 1.32 bits per heavy atom. The molecule has 0 saturated heterocycles. The van der Waals surface area contributed by atoms with Crippen molar-refractivity contribution in [1.82, 2.24) is 10.3 Å². The predicted octanol–water partition coefficient (Wildman–Crippen LogP) is 3.52. The Kier molecular flexibility index (Phi) is 4.58. The molecule has 2 aromatic rings. The molecule has 0 aliphatic rings. The summed E-state index contributed by atoms with van der Waals surface area (Å²) in [6.07, 6.45) is 1.91. The molecule has 0 amide bonds. The number of hydrogen-bond donors (Lipinski definition) is 1. The second-order valence-electron chi connectivity index (χ2n) is 5.00. The quantitative estimate of drug-likeness (QED) is 0.863. The molecule has 0 spiro atoms. The summed E-state index contributed by atoms with van der Waals surface area (Å²) in [6, 6.07) is 7.79. The van der Waals surface area contributed by atoms with E-state index in [1.807, 2.05) is 31.2 Å². The first-order valence-corrected chi connectivity index (χ1v) is 6.53. The molecule has 4 heteroatoms. The summed E-state index contributed by atoms with van der Waals surface area (Å²) >= 11 is 0. The average molecular weight is 260 g/mol. The highest BCUT2D eigenvalue weighted by molar-refractivity contribution is 5.33. The Balaban J connectivity index is 1.92. The summed E-state index contributed by atoms with van der Waals surface area (Å²) in [5, 5.41) is 3.31. The highest BCUT2D eigenvalue weighted by atomic mass is 16.6. The summed E-state index contributed by atoms with van der Waals surface area (Å²) < 4.78 is 10.9. The Morgan fingerprint density at radius 2 is 2.11 bits per heavy atom. The maximum absolute atomic E-state index is 5.61. The molecule has 0 atom stereocenters. The van der Waals surface area contributed by atoms with Crippen molar-refractivity contribution in [2.24, 2.45) is 5.92 Å². The van der Waals surface area contributed by atoms with E-state index in [1.54, 1.807) is 6.26 Å². The van der Waals surface area contributed by atoms with Gasteiger partial charge in [-0.15, -0.1) is 0 Å². The largest absolute Gasteiger partial charge is 0.417 e. The van der Waals surface area contributed by atoms with Gasteiger partial charge in [0.05, 0.1) is 5.69 Å². The fraction of sp³-hybridized carbons (Fsp3) is 0.400. The first-order chi connectivity index (χ1) is 9.15. The molecule has 19 heavy (non-hydrogen) atoms. The molecule has 1 heterocycles. The highest BCUT2D eigenvalue weighted by Gasteiger charge is 2.07. The van der Waals surface area contributed by atoms with Crippen molar-refractivity contribution in [3.63, 3.8) is 0 Å². The van der Waals surface area contributed by atoms with Crippen molar-refractivity contribution in [2.75, 3.05) is 6.54 Å². The molecular weight excluding hydrogens is 240 g/mol. The molecule has 0 aliphatic heterocycles. The second-order valence-corrected chi connectivity index (χ2v) is 5.00. The zero-order valence-electron chi connectivity index (χ0n) is 11.6. The summed E-state index contributed by atoms with van der Waals surface area (Å²) in [5.74, 6) is 1.39. The Bertz CT molecular complexity index is 520. The Hall–Kier alpha value is -1.81. The van der Waals surface area contributed by atoms with Gasteiger partial charge >= 0.3 is 6.08 Å². The summed E-state index contributed by atoms with van der Waals surface area (Å²) in [5.41, 5.74) is 1.91. The number of rotatable bonds is 6. The third-order valence-corrected chi connectivity index (χ3v) is 2.68. The fourth-order valence-electron chi connectivity index (χ4n) is 1.67. The van der Waals surface area contributed by atoms with Gasteiger partial charge in [-0.3, -0.25) is 0 Å². The van der Waals surface area contributed by atoms with E-state index in [0.717, 1.165) is 23.6 Å². The molecular formula is C15H20N2O2. The third kappa shape index (κ3) is 4.10. The van der Waals surface area contributed by atoms with E-state index in [1.165, 1.54) is 0 Å². The van der Waals surface area contributed by atoms with Gasteiger partial charge in [0.1, 0.15) is 12.0 Å². The molecule has 1 aromatic heterocycles. The van der Waals surface area contributed by atoms with Crippen LogP contribution >= 0.6 is 0 Å². The minimum atomic E-state index is 0.288. The molecule has 0 fully saturated rings. The number of nitrogens with zero attached hydrogens (tertiary/aromatic N) is 1. The lowest BCUT2D eigenvalue weighted by atomic mass is 10.2. The van der Waals surface area contributed by atoms with E-state index in [0.29, 0.717) is 12.5 Å². The molecule has 2 rings (SSSR count). The van der Waals surface area contributed by atoms with Crippen molar-refractivity contribution in [1.29, 1.82) is 0 Å². The molecule has 4 nitrogen and oxygen atoms in total. The van der Waals surface area contributed by atoms with Crippen molar-refractivity contribution < 1.29 is 9.15 Å². The van der Waals surface area contributed by atoms with Gasteiger partial charge in [0.2, 0.25) is 0 Å². The van der Waals surface area contributed by atoms with Crippen LogP contribution < -0.4 is 10.1 Å². The number of para-hydroxylation sites is 1. The van der Waals surface area contributed by atoms with Crippen molar-refractivity contribution in [3.8, 4) is 11.8 Å². The van der Waals surface area contributed by atoms with Gasteiger partial charge in [0.25, 0.3) is 0 Å². The first-order valence-electron chi connectivity index (χ1n) is 6.53. The molecule has 0 aliphatic carbocycles. The van der Waals surface area contributed by atoms with Gasteiger partial charge in [-0.2, -0.15) is 4.98 Å². The van der Waals surface area contributed by atoms with E-state index in [2.05, 4.69) is 24.1 Å². The number of aromatic nitrogens is 1. The van der Waals surface area contributed by atoms with Crippen LogP contribution in [0.3, 0.4) is 0 Å². The van der Waals surface area contributed by atoms with Gasteiger partial charge < -0.3 is 14.5 Å². The van der Waals surface area contributed by atoms with E-state index in [9.17, 15) is 0 Å². The highest BCUT2D eigenvalue weighted by Crippen LogP contribution is 2.23. The smallest absolute Gasteiger partial charge is 0.399 e. The van der Waals surface area contributed by atoms with Crippen LogP contribution in [-0.4, -0.2) is 11.5 Å². The standard InChI is InChI=1S/C15H20N2O2/c1-11(2)8-16-9-13-10-18-15(17-13)19-14-7-5-4-6-12(14)3/h4-7,10-11,16H,8-9H2,1-3H3. The normalized spacial score (nSPS) is 10.9. The Morgan fingerprint density at radius 3 is 2.84 bits per heavy atom. The van der Waals surface area contributed by atoms with Crippen LogP contribution in [0.4, 0.5) is 0 Å². The minimum Gasteiger partial charge on any atom is -0.417 e. The number of ether oxygens (including phenoxy) is 1. The molecule has 0 radical (unpaired) electrons. The van der Waals surface area contributed by atoms with Gasteiger partial charge in [-0.25, -0.2) is 0 Å². The van der Waals surface area contributed by atoms with Crippen LogP contribution in [0.5, 0.6) is 11.8 Å². The molecule has 0 unspecified atom stereocenters. The van der Waals surface area contributed by atoms with Crippen LogP contribution in [0.2, 0.25) is 0 Å². The van der Waals surface area contributed by atoms with E-state index in [4.69, 9.17) is 9.15 Å². The molecule has 1 N–H and O–H groups in total. The lowest BCUT2D eigenvalue weighted by Gasteiger charge is -2.04. The Labute approximate surface area is 113 Å². The number of nitrogens with one attached hydrogen (secondary N) is 1. The van der Waals surface area contributed by atoms with Crippen molar-refractivity contribution >= 4 is 0 Å². The maximum atomic E-state index is 5.61. The van der Waals surface area contributed by atoms with Crippen molar-refractivity contribution in [2.45, 2.75) is 27.3 Å². The maximum Gasteiger partial charge on any atom is 0.399 e. The van der Waals surface area contributed by atoms with Crippen molar-refractivity contribution in [3.05, 3.63) is 41.8 Å². The van der Waals surface area contributed by atoms with Crippen LogP contribution in [0, 0.1) is 12.8 Å². The predicted molar refractivity (Wildman–Crippen MR) is 74.3 cm³/mol. The zero-order valence-corrected chi connectivity index (χ0v) is 11.6. The monoisotopic (exact) mass is 260 g/mol. The summed E-state index contributed by atoms with van der Waals surface area (Å²) in [6.45, 7) is 7.98. The SMILES string of the molecule is Cc1ccccc1Oc1nc(CNCC(C)C)co1. The van der Waals surface area contributed by atoms with Crippen LogP contribution in [0.1, 0.15) is 25.1 Å². The zero-order chi connectivity index (χ0) is 13.7.